The average Bonchev–Trinajstić information content (AvgIpc) is 3.22. The number of carbonyl (C=O) groups is 1. The van der Waals surface area contributed by atoms with Crippen LogP contribution in [-0.2, 0) is 23.1 Å². The van der Waals surface area contributed by atoms with Gasteiger partial charge in [0.2, 0.25) is 11.2 Å². The van der Waals surface area contributed by atoms with E-state index in [2.05, 4.69) is 47.3 Å². The summed E-state index contributed by atoms with van der Waals surface area (Å²) in [5.41, 5.74) is 4.29. The van der Waals surface area contributed by atoms with Gasteiger partial charge in [-0.2, -0.15) is 20.5 Å². The van der Waals surface area contributed by atoms with Gasteiger partial charge in [-0.25, -0.2) is 14.8 Å². The maximum Gasteiger partial charge on any atom is 0.322 e. The lowest BCUT2D eigenvalue weighted by atomic mass is 9.90. The molecule has 2 aromatic carbocycles. The number of hydrogen-bond donors (Lipinski definition) is 4. The number of nitrogens with zero attached hydrogens (tertiary/aromatic N) is 8. The topological polar surface area (TPSA) is 208 Å². The van der Waals surface area contributed by atoms with Crippen LogP contribution in [0.2, 0.25) is 5.28 Å². The van der Waals surface area contributed by atoms with Crippen LogP contribution in [-0.4, -0.2) is 81.1 Å². The Bertz CT molecular complexity index is 2370. The molecule has 2 aliphatic heterocycles. The molecule has 3 aromatic heterocycles. The molecule has 0 unspecified atom stereocenters. The van der Waals surface area contributed by atoms with Gasteiger partial charge in [-0.1, -0.05) is 42.5 Å². The first-order valence-corrected chi connectivity index (χ1v) is 19.7. The zero-order chi connectivity index (χ0) is 41.1. The van der Waals surface area contributed by atoms with Gasteiger partial charge in [0.25, 0.3) is 5.56 Å². The largest absolute Gasteiger partial charge is 0.377 e. The zero-order valence-electron chi connectivity index (χ0n) is 32.3. The fraction of sp³-hybridized carbons (Fsp3) is 0.333. The lowest BCUT2D eigenvalue weighted by Crippen LogP contribution is -2.48. The number of ether oxygens (including phenoxy) is 2. The Morgan fingerprint density at radius 1 is 0.814 bits per heavy atom. The van der Waals surface area contributed by atoms with Crippen molar-refractivity contribution in [3.8, 4) is 23.3 Å². The van der Waals surface area contributed by atoms with E-state index in [9.17, 15) is 14.9 Å². The van der Waals surface area contributed by atoms with Gasteiger partial charge in [-0.15, -0.1) is 0 Å². The number of anilines is 4. The molecule has 0 radical (unpaired) electrons. The van der Waals surface area contributed by atoms with Crippen LogP contribution in [0, 0.1) is 22.7 Å². The molecular formula is C42H43ClN12O4. The normalized spacial score (nSPS) is 17.4. The van der Waals surface area contributed by atoms with E-state index in [-0.39, 0.29) is 41.0 Å². The van der Waals surface area contributed by atoms with Crippen molar-refractivity contribution in [1.82, 2.24) is 29.8 Å². The van der Waals surface area contributed by atoms with E-state index in [1.807, 2.05) is 71.6 Å². The van der Waals surface area contributed by atoms with Crippen LogP contribution in [0.3, 0.4) is 0 Å². The van der Waals surface area contributed by atoms with Gasteiger partial charge in [0.15, 0.2) is 0 Å². The van der Waals surface area contributed by atoms with Crippen LogP contribution in [0.15, 0.2) is 90.1 Å². The molecule has 2 saturated heterocycles. The molecule has 0 bridgehead atoms. The first-order chi connectivity index (χ1) is 28.8. The lowest BCUT2D eigenvalue weighted by molar-refractivity contribution is 0.0209. The van der Waals surface area contributed by atoms with Gasteiger partial charge in [-0.3, -0.25) is 9.69 Å². The van der Waals surface area contributed by atoms with Crippen molar-refractivity contribution in [1.29, 1.82) is 10.5 Å². The van der Waals surface area contributed by atoms with Crippen molar-refractivity contribution in [3.05, 3.63) is 118 Å². The van der Waals surface area contributed by atoms with Crippen molar-refractivity contribution in [3.63, 3.8) is 0 Å². The maximum absolute atomic E-state index is 13.7. The lowest BCUT2D eigenvalue weighted by Gasteiger charge is -2.37. The number of rotatable bonds is 11. The van der Waals surface area contributed by atoms with E-state index in [1.165, 1.54) is 10.8 Å². The van der Waals surface area contributed by atoms with Crippen molar-refractivity contribution in [2.45, 2.75) is 56.4 Å². The Labute approximate surface area is 346 Å². The molecule has 5 aromatic rings. The first kappa shape index (κ1) is 40.6. The maximum atomic E-state index is 13.7. The van der Waals surface area contributed by atoms with E-state index < -0.39 is 0 Å². The average molecular weight is 815 g/mol. The first-order valence-electron chi connectivity index (χ1n) is 19.3. The number of hydrogen-bond acceptors (Lipinski definition) is 13. The third-order valence-electron chi connectivity index (χ3n) is 10.2. The minimum Gasteiger partial charge on any atom is -0.377 e. The number of nitriles is 2. The minimum absolute atomic E-state index is 0.00794. The predicted molar refractivity (Wildman–Crippen MR) is 223 cm³/mol. The van der Waals surface area contributed by atoms with E-state index in [0.717, 1.165) is 48.1 Å². The SMILES string of the molecule is Cn1ccc(-c2ccc(N(C(=O)NCc3ccccc3)[C@H]3CC[C@H](Nc4ncc(C#N)c(NC5COC5)n4)CC3)cc2)cc1=O.N#Cc1cnc(Cl)nc1NC1COC1. The van der Waals surface area contributed by atoms with Gasteiger partial charge < -0.3 is 35.3 Å². The van der Waals surface area contributed by atoms with Crippen LogP contribution in [0.5, 0.6) is 0 Å². The molecule has 3 aliphatic rings. The minimum atomic E-state index is -0.150. The highest BCUT2D eigenvalue weighted by Crippen LogP contribution is 2.31. The smallest absolute Gasteiger partial charge is 0.322 e. The summed E-state index contributed by atoms with van der Waals surface area (Å²) >= 11 is 5.62. The molecule has 8 rings (SSSR count). The van der Waals surface area contributed by atoms with Gasteiger partial charge in [0.05, 0.1) is 50.9 Å². The molecule has 16 nitrogen and oxygen atoms in total. The summed E-state index contributed by atoms with van der Waals surface area (Å²) in [6.07, 6.45) is 7.91. The molecule has 0 atom stereocenters. The fourth-order valence-electron chi connectivity index (χ4n) is 6.78. The highest BCUT2D eigenvalue weighted by molar-refractivity contribution is 6.28. The molecule has 302 valence electrons. The zero-order valence-corrected chi connectivity index (χ0v) is 33.1. The molecule has 0 spiro atoms. The second kappa shape index (κ2) is 19.2. The summed E-state index contributed by atoms with van der Waals surface area (Å²) in [4.78, 5) is 44.4. The number of aryl methyl sites for hydroxylation is 1. The summed E-state index contributed by atoms with van der Waals surface area (Å²) in [5.74, 6) is 1.46. The van der Waals surface area contributed by atoms with Gasteiger partial charge in [0.1, 0.15) is 34.9 Å². The Morgan fingerprint density at radius 3 is 2.03 bits per heavy atom. The van der Waals surface area contributed by atoms with Crippen molar-refractivity contribution >= 4 is 40.9 Å². The number of aromatic nitrogens is 5. The molecule has 1 saturated carbocycles. The van der Waals surface area contributed by atoms with Crippen LogP contribution < -0.4 is 31.7 Å². The molecule has 1 aliphatic carbocycles. The van der Waals surface area contributed by atoms with Crippen LogP contribution in [0.4, 0.5) is 28.1 Å². The van der Waals surface area contributed by atoms with E-state index >= 15 is 0 Å². The van der Waals surface area contributed by atoms with Crippen LogP contribution in [0.1, 0.15) is 42.4 Å². The highest BCUT2D eigenvalue weighted by atomic mass is 35.5. The molecule has 3 fully saturated rings. The molecule has 4 N–H and O–H groups in total. The van der Waals surface area contributed by atoms with Gasteiger partial charge in [-0.05, 0) is 72.2 Å². The summed E-state index contributed by atoms with van der Waals surface area (Å²) < 4.78 is 11.8. The monoisotopic (exact) mass is 814 g/mol. The molecule has 5 heterocycles. The van der Waals surface area contributed by atoms with E-state index in [4.69, 9.17) is 26.3 Å². The number of amides is 2. The summed E-state index contributed by atoms with van der Waals surface area (Å²) in [7, 11) is 1.73. The molecule has 17 heteroatoms. The second-order valence-electron chi connectivity index (χ2n) is 14.4. The van der Waals surface area contributed by atoms with Crippen molar-refractivity contribution in [2.24, 2.45) is 7.05 Å². The summed E-state index contributed by atoms with van der Waals surface area (Å²) in [5, 5.41) is 31.3. The Morgan fingerprint density at radius 2 is 1.44 bits per heavy atom. The molecule has 2 amide bonds. The van der Waals surface area contributed by atoms with Crippen LogP contribution in [0.25, 0.3) is 11.1 Å². The third kappa shape index (κ3) is 10.5. The van der Waals surface area contributed by atoms with Gasteiger partial charge in [0, 0.05) is 43.6 Å². The quantitative estimate of drug-likeness (QED) is 0.122. The fourth-order valence-corrected chi connectivity index (χ4v) is 6.91. The molecular weight excluding hydrogens is 772 g/mol. The Kier molecular flexibility index (Phi) is 13.2. The summed E-state index contributed by atoms with van der Waals surface area (Å²) in [6.45, 7) is 2.87. The summed E-state index contributed by atoms with van der Waals surface area (Å²) in [6, 6.07) is 25.7. The van der Waals surface area contributed by atoms with Crippen LogP contribution >= 0.6 is 11.6 Å². The highest BCUT2D eigenvalue weighted by Gasteiger charge is 2.31. The second-order valence-corrected chi connectivity index (χ2v) is 14.8. The number of urea groups is 1. The van der Waals surface area contributed by atoms with Crippen molar-refractivity contribution in [2.75, 3.05) is 47.3 Å². The number of carbonyl (C=O) groups excluding carboxylic acids is 1. The number of benzene rings is 2. The third-order valence-corrected chi connectivity index (χ3v) is 10.4. The number of halogens is 1. The van der Waals surface area contributed by atoms with E-state index in [0.29, 0.717) is 61.7 Å². The number of nitrogens with one attached hydrogen (secondary N) is 4. The predicted octanol–water partition coefficient (Wildman–Crippen LogP) is 5.48. The standard InChI is InChI=1S/C34H36N8O3.C8H7ClN4O/c1-41-16-15-25(17-31(41)43)24-7-11-29(12-8-24)42(34(44)37-19-23-5-3-2-4-6-23)30-13-9-27(10-14-30)39-33-36-20-26(18-35)32(40-33)38-28-21-45-22-28;9-8-11-2-5(1-10)7(13-8)12-6-3-14-4-6/h2-8,11-12,15-17,20,27-28,30H,9-10,13-14,19,21-22H2,1H3,(H,37,44)(H2,36,38,39,40);2,6H,3-4H2,(H,11,12,13)/t27-,30-;. The molecule has 59 heavy (non-hydrogen) atoms. The Hall–Kier alpha value is -6.59. The Balaban J connectivity index is 0.000000317. The van der Waals surface area contributed by atoms with Crippen molar-refractivity contribution < 1.29 is 14.3 Å². The van der Waals surface area contributed by atoms with E-state index in [1.54, 1.807) is 25.5 Å². The van der Waals surface area contributed by atoms with Gasteiger partial charge >= 0.3 is 6.03 Å². The number of pyridine rings is 1.